The van der Waals surface area contributed by atoms with Crippen LogP contribution in [0.15, 0.2) is 48.5 Å². The summed E-state index contributed by atoms with van der Waals surface area (Å²) in [5, 5.41) is 0.708. The maximum atomic E-state index is 14.1. The maximum absolute atomic E-state index is 14.1. The van der Waals surface area contributed by atoms with Gasteiger partial charge in [-0.15, -0.1) is 0 Å². The second-order valence-corrected chi connectivity index (χ2v) is 11.5. The summed E-state index contributed by atoms with van der Waals surface area (Å²) in [5.41, 5.74) is 2.83. The molecule has 3 heterocycles. The number of nitrogens with zero attached hydrogens (tertiary/aromatic N) is 4. The molecule has 7 heteroatoms. The van der Waals surface area contributed by atoms with Crippen molar-refractivity contribution in [3.63, 3.8) is 0 Å². The maximum Gasteiger partial charge on any atom is 0.230 e. The number of para-hydroxylation sites is 2. The van der Waals surface area contributed by atoms with Crippen LogP contribution in [-0.2, 0) is 29.7 Å². The zero-order valence-corrected chi connectivity index (χ0v) is 21.8. The molecule has 2 aromatic carbocycles. The molecule has 1 saturated carbocycles. The predicted octanol–water partition coefficient (Wildman–Crippen LogP) is 5.04. The molecule has 0 N–H and O–H groups in total. The van der Waals surface area contributed by atoms with Gasteiger partial charge < -0.3 is 14.2 Å². The molecule has 36 heavy (non-hydrogen) atoms. The van der Waals surface area contributed by atoms with Gasteiger partial charge in [-0.05, 0) is 74.4 Å². The summed E-state index contributed by atoms with van der Waals surface area (Å²) in [4.78, 5) is 23.4. The van der Waals surface area contributed by atoms with Gasteiger partial charge in [0, 0.05) is 38.3 Å². The first-order valence-electron chi connectivity index (χ1n) is 13.3. The molecular weight excluding hydrogens is 472 g/mol. The van der Waals surface area contributed by atoms with Gasteiger partial charge in [-0.25, -0.2) is 4.98 Å². The van der Waals surface area contributed by atoms with Gasteiger partial charge in [0.05, 0.1) is 29.1 Å². The highest BCUT2D eigenvalue weighted by Crippen LogP contribution is 2.42. The summed E-state index contributed by atoms with van der Waals surface area (Å²) in [7, 11) is 2.09. The first-order valence-corrected chi connectivity index (χ1v) is 13.6. The van der Waals surface area contributed by atoms with Crippen molar-refractivity contribution in [2.24, 2.45) is 18.4 Å². The van der Waals surface area contributed by atoms with Crippen LogP contribution in [0.2, 0.25) is 5.02 Å². The Morgan fingerprint density at radius 1 is 1.14 bits per heavy atom. The Bertz CT molecular complexity index is 1260. The zero-order valence-electron chi connectivity index (χ0n) is 21.0. The van der Waals surface area contributed by atoms with Crippen LogP contribution in [0.1, 0.15) is 43.5 Å². The zero-order chi connectivity index (χ0) is 24.7. The third-order valence-corrected chi connectivity index (χ3v) is 8.45. The molecule has 3 fully saturated rings. The minimum absolute atomic E-state index is 0.0817. The van der Waals surface area contributed by atoms with Gasteiger partial charge in [-0.1, -0.05) is 35.9 Å². The van der Waals surface area contributed by atoms with Crippen LogP contribution in [0.4, 0.5) is 0 Å². The van der Waals surface area contributed by atoms with E-state index in [-0.39, 0.29) is 12.0 Å². The quantitative estimate of drug-likeness (QED) is 0.450. The van der Waals surface area contributed by atoms with E-state index >= 15 is 0 Å². The fraction of sp³-hybridized carbons (Fsp3) is 0.517. The molecule has 3 aromatic rings. The average Bonchev–Trinajstić information content (AvgIpc) is 3.65. The number of amides is 1. The first kappa shape index (κ1) is 24.0. The number of halogens is 1. The smallest absolute Gasteiger partial charge is 0.230 e. The van der Waals surface area contributed by atoms with Crippen LogP contribution in [0.25, 0.3) is 11.0 Å². The van der Waals surface area contributed by atoms with Crippen molar-refractivity contribution in [2.45, 2.75) is 51.3 Å². The van der Waals surface area contributed by atoms with E-state index in [9.17, 15) is 4.79 Å². The molecule has 1 aliphatic carbocycles. The van der Waals surface area contributed by atoms with Crippen molar-refractivity contribution in [2.75, 3.05) is 26.2 Å². The molecule has 6 nitrogen and oxygen atoms in total. The lowest BCUT2D eigenvalue weighted by Gasteiger charge is -2.49. The third-order valence-electron chi connectivity index (χ3n) is 8.21. The Kier molecular flexibility index (Phi) is 6.53. The van der Waals surface area contributed by atoms with Crippen LogP contribution in [0.5, 0.6) is 0 Å². The number of benzene rings is 2. The molecule has 0 unspecified atom stereocenters. The van der Waals surface area contributed by atoms with Gasteiger partial charge in [-0.2, -0.15) is 0 Å². The first-order chi connectivity index (χ1) is 17.5. The van der Waals surface area contributed by atoms with Gasteiger partial charge in [0.2, 0.25) is 5.91 Å². The molecule has 0 radical (unpaired) electrons. The molecule has 6 rings (SSSR count). The highest BCUT2D eigenvalue weighted by Gasteiger charge is 2.50. The third kappa shape index (κ3) is 4.91. The lowest BCUT2D eigenvalue weighted by molar-refractivity contribution is -0.161. The van der Waals surface area contributed by atoms with E-state index in [0.29, 0.717) is 24.0 Å². The van der Waals surface area contributed by atoms with Crippen LogP contribution >= 0.6 is 11.6 Å². The van der Waals surface area contributed by atoms with Gasteiger partial charge >= 0.3 is 0 Å². The van der Waals surface area contributed by atoms with Crippen molar-refractivity contribution in [1.29, 1.82) is 0 Å². The molecule has 0 bridgehead atoms. The number of fused-ring (bicyclic) bond motifs is 1. The van der Waals surface area contributed by atoms with E-state index in [1.807, 2.05) is 29.2 Å². The lowest BCUT2D eigenvalue weighted by Crippen LogP contribution is -2.59. The van der Waals surface area contributed by atoms with Gasteiger partial charge in [0.25, 0.3) is 0 Å². The number of rotatable bonds is 7. The van der Waals surface area contributed by atoms with Gasteiger partial charge in [0.1, 0.15) is 5.82 Å². The van der Waals surface area contributed by atoms with Crippen molar-refractivity contribution in [3.8, 4) is 0 Å². The van der Waals surface area contributed by atoms with E-state index < -0.39 is 5.41 Å². The number of hydrogen-bond donors (Lipinski definition) is 0. The number of aromatic nitrogens is 2. The molecular formula is C29H35ClN4O2. The second kappa shape index (κ2) is 9.81. The topological polar surface area (TPSA) is 50.6 Å². The molecule has 3 aliphatic rings. The van der Waals surface area contributed by atoms with Crippen LogP contribution in [0.3, 0.4) is 0 Å². The lowest BCUT2D eigenvalue weighted by atomic mass is 9.72. The van der Waals surface area contributed by atoms with Crippen LogP contribution in [-0.4, -0.2) is 57.6 Å². The summed E-state index contributed by atoms with van der Waals surface area (Å²) in [6.07, 6.45) is 5.36. The number of aryl methyl sites for hydroxylation is 1. The number of likely N-dealkylation sites (tertiary alicyclic amines) is 2. The molecule has 2 atom stereocenters. The highest BCUT2D eigenvalue weighted by molar-refractivity contribution is 6.30. The van der Waals surface area contributed by atoms with Gasteiger partial charge in [0.15, 0.2) is 0 Å². The van der Waals surface area contributed by atoms with E-state index in [0.717, 1.165) is 67.9 Å². The Balaban J connectivity index is 1.23. The van der Waals surface area contributed by atoms with Crippen LogP contribution < -0.4 is 0 Å². The number of imidazole rings is 1. The van der Waals surface area contributed by atoms with Crippen LogP contribution in [0, 0.1) is 11.3 Å². The van der Waals surface area contributed by atoms with Crippen molar-refractivity contribution < 1.29 is 9.53 Å². The molecule has 2 aliphatic heterocycles. The minimum Gasteiger partial charge on any atom is -0.376 e. The average molecular weight is 507 g/mol. The summed E-state index contributed by atoms with van der Waals surface area (Å²) in [5.74, 6) is 2.03. The minimum atomic E-state index is -0.409. The number of carbonyl (C=O) groups is 1. The monoisotopic (exact) mass is 506 g/mol. The van der Waals surface area contributed by atoms with E-state index in [2.05, 4.69) is 40.8 Å². The largest absolute Gasteiger partial charge is 0.376 e. The SMILES string of the molecule is Cn1c(CN2CCC[C@]3(C[C@H](OCC4CC4)CN(Cc4cccc(Cl)c4)C3=O)C2)nc2ccccc21. The van der Waals surface area contributed by atoms with Crippen molar-refractivity contribution in [1.82, 2.24) is 19.4 Å². The predicted molar refractivity (Wildman–Crippen MR) is 142 cm³/mol. The van der Waals surface area contributed by atoms with E-state index in [4.69, 9.17) is 21.3 Å². The fourth-order valence-corrected chi connectivity index (χ4v) is 6.37. The molecule has 1 aromatic heterocycles. The summed E-state index contributed by atoms with van der Waals surface area (Å²) in [6.45, 7) is 4.55. The fourth-order valence-electron chi connectivity index (χ4n) is 6.15. The number of carbonyl (C=O) groups excluding carboxylic acids is 1. The molecule has 2 saturated heterocycles. The Morgan fingerprint density at radius 2 is 2.00 bits per heavy atom. The summed E-state index contributed by atoms with van der Waals surface area (Å²) >= 11 is 6.26. The standard InChI is InChI=1S/C29H35ClN4O2/c1-32-26-9-3-2-8-25(26)31-27(32)18-33-13-5-12-29(20-33)15-24(36-19-21-10-11-21)17-34(28(29)35)16-22-6-4-7-23(30)14-22/h2-4,6-9,14,21,24H,5,10-13,15-20H2,1H3/t24-,29-/m0/s1. The summed E-state index contributed by atoms with van der Waals surface area (Å²) in [6, 6.07) is 16.1. The Labute approximate surface area is 218 Å². The van der Waals surface area contributed by atoms with E-state index in [1.165, 1.54) is 12.8 Å². The molecule has 1 amide bonds. The molecule has 1 spiro atoms. The Hall–Kier alpha value is -2.41. The van der Waals surface area contributed by atoms with Crippen molar-refractivity contribution in [3.05, 3.63) is 64.9 Å². The van der Waals surface area contributed by atoms with E-state index in [1.54, 1.807) is 0 Å². The van der Waals surface area contributed by atoms with Gasteiger partial charge in [-0.3, -0.25) is 9.69 Å². The molecule has 190 valence electrons. The Morgan fingerprint density at radius 3 is 2.81 bits per heavy atom. The van der Waals surface area contributed by atoms with Crippen molar-refractivity contribution >= 4 is 28.5 Å². The highest BCUT2D eigenvalue weighted by atomic mass is 35.5. The second-order valence-electron chi connectivity index (χ2n) is 11.1. The normalized spacial score (nSPS) is 25.2. The number of hydrogen-bond acceptors (Lipinski definition) is 4. The number of piperidine rings is 2. The number of ether oxygens (including phenoxy) is 1. The summed E-state index contributed by atoms with van der Waals surface area (Å²) < 4.78 is 8.62.